The second-order valence-corrected chi connectivity index (χ2v) is 5.85. The van der Waals surface area contributed by atoms with Crippen molar-refractivity contribution in [3.05, 3.63) is 35.4 Å². The lowest BCUT2D eigenvalue weighted by Crippen LogP contribution is -2.43. The predicted octanol–water partition coefficient (Wildman–Crippen LogP) is 1.01. The van der Waals surface area contributed by atoms with Gasteiger partial charge >= 0.3 is 0 Å². The van der Waals surface area contributed by atoms with Gasteiger partial charge in [-0.1, -0.05) is 24.3 Å². The Hall–Kier alpha value is -0.940. The Balaban J connectivity index is 1.49. The van der Waals surface area contributed by atoms with Crippen molar-refractivity contribution in [3.8, 4) is 0 Å². The summed E-state index contributed by atoms with van der Waals surface area (Å²) >= 11 is 0. The van der Waals surface area contributed by atoms with Crippen LogP contribution in [0.15, 0.2) is 24.3 Å². The smallest absolute Gasteiger partial charge is 0.0236 e. The molecule has 118 valence electrons. The van der Waals surface area contributed by atoms with Gasteiger partial charge in [0.15, 0.2) is 0 Å². The van der Waals surface area contributed by atoms with Crippen LogP contribution in [-0.2, 0) is 13.0 Å². The van der Waals surface area contributed by atoms with E-state index in [1.54, 1.807) is 0 Å². The molecular formula is C17H30N4. The monoisotopic (exact) mass is 290 g/mol. The molecule has 1 aliphatic rings. The molecule has 1 unspecified atom stereocenters. The summed E-state index contributed by atoms with van der Waals surface area (Å²) < 4.78 is 0. The molecule has 4 heteroatoms. The minimum atomic E-state index is 0.572. The summed E-state index contributed by atoms with van der Waals surface area (Å²) in [6.07, 6.45) is 4.69. The molecular weight excluding hydrogens is 260 g/mol. The van der Waals surface area contributed by atoms with Crippen molar-refractivity contribution in [3.63, 3.8) is 0 Å². The van der Waals surface area contributed by atoms with E-state index in [2.05, 4.69) is 40.2 Å². The van der Waals surface area contributed by atoms with Crippen LogP contribution in [0.4, 0.5) is 0 Å². The second kappa shape index (κ2) is 9.90. The van der Waals surface area contributed by atoms with E-state index >= 15 is 0 Å². The lowest BCUT2D eigenvalue weighted by molar-refractivity contribution is 0.443. The SMILES string of the molecule is NCCCNCCCCNCC1Cc2ccccc2CN1. The zero-order chi connectivity index (χ0) is 14.8. The fraction of sp³-hybridized carbons (Fsp3) is 0.647. The van der Waals surface area contributed by atoms with E-state index in [1.807, 2.05) is 0 Å². The summed E-state index contributed by atoms with van der Waals surface area (Å²) in [4.78, 5) is 0. The van der Waals surface area contributed by atoms with Gasteiger partial charge in [0.05, 0.1) is 0 Å². The number of hydrogen-bond donors (Lipinski definition) is 4. The molecule has 0 amide bonds. The van der Waals surface area contributed by atoms with Crippen molar-refractivity contribution >= 4 is 0 Å². The van der Waals surface area contributed by atoms with E-state index in [9.17, 15) is 0 Å². The summed E-state index contributed by atoms with van der Waals surface area (Å²) in [5.41, 5.74) is 8.42. The molecule has 1 aromatic carbocycles. The standard InChI is InChI=1S/C17H30N4/c18-8-5-11-19-9-3-4-10-20-14-17-12-15-6-1-2-7-16(15)13-21-17/h1-2,6-7,17,19-21H,3-5,8-14,18H2. The molecule has 0 aromatic heterocycles. The van der Waals surface area contributed by atoms with Crippen molar-refractivity contribution in [1.29, 1.82) is 0 Å². The third-order valence-corrected chi connectivity index (χ3v) is 4.07. The van der Waals surface area contributed by atoms with Gasteiger partial charge in [0.2, 0.25) is 0 Å². The highest BCUT2D eigenvalue weighted by Gasteiger charge is 2.16. The van der Waals surface area contributed by atoms with Crippen LogP contribution in [0.2, 0.25) is 0 Å². The quantitative estimate of drug-likeness (QED) is 0.486. The van der Waals surface area contributed by atoms with Gasteiger partial charge < -0.3 is 21.7 Å². The maximum atomic E-state index is 5.45. The Morgan fingerprint density at radius 2 is 1.71 bits per heavy atom. The Bertz CT molecular complexity index is 394. The summed E-state index contributed by atoms with van der Waals surface area (Å²) in [6.45, 7) is 6.12. The van der Waals surface area contributed by atoms with Crippen molar-refractivity contribution in [2.75, 3.05) is 32.7 Å². The first kappa shape index (κ1) is 16.4. The molecule has 0 fully saturated rings. The Kier molecular flexibility index (Phi) is 7.75. The van der Waals surface area contributed by atoms with Crippen LogP contribution in [0.3, 0.4) is 0 Å². The molecule has 0 radical (unpaired) electrons. The minimum Gasteiger partial charge on any atom is -0.330 e. The second-order valence-electron chi connectivity index (χ2n) is 5.85. The molecule has 5 N–H and O–H groups in total. The molecule has 1 aliphatic heterocycles. The zero-order valence-electron chi connectivity index (χ0n) is 13.0. The van der Waals surface area contributed by atoms with Crippen molar-refractivity contribution in [1.82, 2.24) is 16.0 Å². The number of unbranched alkanes of at least 4 members (excludes halogenated alkanes) is 1. The number of rotatable bonds is 10. The van der Waals surface area contributed by atoms with Crippen LogP contribution in [0.25, 0.3) is 0 Å². The maximum absolute atomic E-state index is 5.45. The molecule has 1 atom stereocenters. The third kappa shape index (κ3) is 6.14. The average Bonchev–Trinajstić information content (AvgIpc) is 2.53. The van der Waals surface area contributed by atoms with Gasteiger partial charge in [0.25, 0.3) is 0 Å². The van der Waals surface area contributed by atoms with Crippen molar-refractivity contribution < 1.29 is 0 Å². The van der Waals surface area contributed by atoms with E-state index in [1.165, 1.54) is 24.0 Å². The number of nitrogens with two attached hydrogens (primary N) is 1. The van der Waals surface area contributed by atoms with Gasteiger partial charge in [0, 0.05) is 19.1 Å². The van der Waals surface area contributed by atoms with Gasteiger partial charge in [-0.25, -0.2) is 0 Å². The number of nitrogens with one attached hydrogen (secondary N) is 3. The molecule has 0 saturated carbocycles. The van der Waals surface area contributed by atoms with Crippen LogP contribution in [0.5, 0.6) is 0 Å². The highest BCUT2D eigenvalue weighted by atomic mass is 15.0. The van der Waals surface area contributed by atoms with Crippen LogP contribution in [0.1, 0.15) is 30.4 Å². The van der Waals surface area contributed by atoms with E-state index in [-0.39, 0.29) is 0 Å². The minimum absolute atomic E-state index is 0.572. The highest BCUT2D eigenvalue weighted by Crippen LogP contribution is 2.15. The molecule has 0 spiro atoms. The van der Waals surface area contributed by atoms with Crippen molar-refractivity contribution in [2.45, 2.75) is 38.3 Å². The molecule has 0 saturated heterocycles. The average molecular weight is 290 g/mol. The number of fused-ring (bicyclic) bond motifs is 1. The van der Waals surface area contributed by atoms with E-state index in [4.69, 9.17) is 5.73 Å². The fourth-order valence-corrected chi connectivity index (χ4v) is 2.79. The fourth-order valence-electron chi connectivity index (χ4n) is 2.79. The van der Waals surface area contributed by atoms with Gasteiger partial charge in [-0.2, -0.15) is 0 Å². The van der Waals surface area contributed by atoms with E-state index in [0.29, 0.717) is 6.04 Å². The topological polar surface area (TPSA) is 62.1 Å². The third-order valence-electron chi connectivity index (χ3n) is 4.07. The van der Waals surface area contributed by atoms with E-state index < -0.39 is 0 Å². The maximum Gasteiger partial charge on any atom is 0.0236 e. The summed E-state index contributed by atoms with van der Waals surface area (Å²) in [5.74, 6) is 0. The molecule has 4 nitrogen and oxygen atoms in total. The molecule has 21 heavy (non-hydrogen) atoms. The lowest BCUT2D eigenvalue weighted by Gasteiger charge is -2.26. The van der Waals surface area contributed by atoms with Gasteiger partial charge in [-0.15, -0.1) is 0 Å². The molecule has 2 rings (SSSR count). The molecule has 0 bridgehead atoms. The van der Waals surface area contributed by atoms with E-state index in [0.717, 1.165) is 52.1 Å². The summed E-state index contributed by atoms with van der Waals surface area (Å²) in [6, 6.07) is 9.33. The highest BCUT2D eigenvalue weighted by molar-refractivity contribution is 5.29. The summed E-state index contributed by atoms with van der Waals surface area (Å²) in [7, 11) is 0. The van der Waals surface area contributed by atoms with Gasteiger partial charge in [0.1, 0.15) is 0 Å². The summed E-state index contributed by atoms with van der Waals surface area (Å²) in [5, 5.41) is 10.6. The van der Waals surface area contributed by atoms with Crippen LogP contribution in [-0.4, -0.2) is 38.8 Å². The molecule has 1 aromatic rings. The van der Waals surface area contributed by atoms with Gasteiger partial charge in [-0.05, 0) is 63.0 Å². The van der Waals surface area contributed by atoms with Gasteiger partial charge in [-0.3, -0.25) is 0 Å². The number of benzene rings is 1. The Morgan fingerprint density at radius 1 is 1.00 bits per heavy atom. The molecule has 0 aliphatic carbocycles. The normalized spacial score (nSPS) is 17.7. The number of hydrogen-bond acceptors (Lipinski definition) is 4. The van der Waals surface area contributed by atoms with Crippen LogP contribution in [0, 0.1) is 0 Å². The largest absolute Gasteiger partial charge is 0.330 e. The Labute approximate surface area is 128 Å². The van der Waals surface area contributed by atoms with Crippen LogP contribution >= 0.6 is 0 Å². The van der Waals surface area contributed by atoms with Crippen molar-refractivity contribution in [2.24, 2.45) is 5.73 Å². The predicted molar refractivity (Wildman–Crippen MR) is 89.4 cm³/mol. The zero-order valence-corrected chi connectivity index (χ0v) is 13.0. The lowest BCUT2D eigenvalue weighted by atomic mass is 9.96. The molecule has 1 heterocycles. The Morgan fingerprint density at radius 3 is 2.52 bits per heavy atom. The first-order valence-corrected chi connectivity index (χ1v) is 8.32. The van der Waals surface area contributed by atoms with Crippen LogP contribution < -0.4 is 21.7 Å². The first-order chi connectivity index (χ1) is 10.4. The first-order valence-electron chi connectivity index (χ1n) is 8.32.